The van der Waals surface area contributed by atoms with E-state index in [0.29, 0.717) is 0 Å². The van der Waals surface area contributed by atoms with Crippen molar-refractivity contribution in [2.45, 2.75) is 219 Å². The fraction of sp³-hybridized carbons (Fsp3) is 0.281. The number of hydrogen-bond acceptors (Lipinski definition) is 0. The molecule has 18 rings (SSSR count). The summed E-state index contributed by atoms with van der Waals surface area (Å²) in [5.41, 5.74) is 42.9. The van der Waals surface area contributed by atoms with E-state index in [4.69, 9.17) is 0 Å². The second-order valence-corrected chi connectivity index (χ2v) is 35.2. The average Bonchev–Trinajstić information content (AvgIpc) is 0.705. The van der Waals surface area contributed by atoms with Gasteiger partial charge in [-0.2, -0.15) is 0 Å². The fourth-order valence-electron chi connectivity index (χ4n) is 19.3. The van der Waals surface area contributed by atoms with E-state index >= 15 is 0 Å². The van der Waals surface area contributed by atoms with Gasteiger partial charge >= 0.3 is 0 Å². The van der Waals surface area contributed by atoms with Crippen LogP contribution < -0.4 is 0 Å². The van der Waals surface area contributed by atoms with Crippen LogP contribution in [-0.4, -0.2) is 0 Å². The first-order chi connectivity index (χ1) is 53.9. The van der Waals surface area contributed by atoms with Gasteiger partial charge in [-0.15, -0.1) is 0 Å². The maximum absolute atomic E-state index is 2.41. The molecular formula is C114H122. The highest BCUT2D eigenvalue weighted by atomic mass is 14.5. The van der Waals surface area contributed by atoms with Crippen LogP contribution >= 0.6 is 0 Å². The summed E-state index contributed by atoms with van der Waals surface area (Å²) >= 11 is 0. The maximum atomic E-state index is 2.41. The second kappa shape index (κ2) is 31.3. The lowest BCUT2D eigenvalue weighted by Gasteiger charge is -2.49. The van der Waals surface area contributed by atoms with Gasteiger partial charge in [0.05, 0.1) is 0 Å². The van der Waals surface area contributed by atoms with E-state index in [-0.39, 0.29) is 10.8 Å². The van der Waals surface area contributed by atoms with Crippen molar-refractivity contribution >= 4 is 108 Å². The number of rotatable bonds is 0. The molecule has 0 heterocycles. The number of benzene rings is 17. The van der Waals surface area contributed by atoms with E-state index in [1.54, 1.807) is 0 Å². The predicted molar refractivity (Wildman–Crippen MR) is 508 cm³/mol. The van der Waals surface area contributed by atoms with E-state index in [0.717, 1.165) is 0 Å². The van der Waals surface area contributed by atoms with Gasteiger partial charge in [-0.05, 0) is 478 Å². The molecule has 0 N–H and O–H groups in total. The molecule has 1 aliphatic carbocycles. The van der Waals surface area contributed by atoms with Gasteiger partial charge in [-0.3, -0.25) is 0 Å². The van der Waals surface area contributed by atoms with Crippen molar-refractivity contribution in [3.8, 4) is 11.1 Å². The molecule has 0 radical (unpaired) electrons. The second-order valence-electron chi connectivity index (χ2n) is 35.2. The van der Waals surface area contributed by atoms with Gasteiger partial charge in [0.15, 0.2) is 0 Å². The highest BCUT2D eigenvalue weighted by Crippen LogP contribution is 2.55. The molecule has 0 aromatic heterocycles. The van der Waals surface area contributed by atoms with Crippen LogP contribution in [0.3, 0.4) is 0 Å². The highest BCUT2D eigenvalue weighted by molar-refractivity contribution is 6.16. The molecule has 0 aliphatic heterocycles. The molecule has 0 atom stereocenters. The zero-order valence-corrected chi connectivity index (χ0v) is 74.5. The number of fused-ring (bicyclic) bond motifs is 17. The van der Waals surface area contributed by atoms with Crippen LogP contribution in [0.15, 0.2) is 194 Å². The van der Waals surface area contributed by atoms with Gasteiger partial charge < -0.3 is 0 Å². The molecule has 0 saturated carbocycles. The largest absolute Gasteiger partial charge is 0.0619 e. The van der Waals surface area contributed by atoms with E-state index < -0.39 is 0 Å². The lowest BCUT2D eigenvalue weighted by atomic mass is 9.54. The molecule has 0 unspecified atom stereocenters. The summed E-state index contributed by atoms with van der Waals surface area (Å²) in [5.74, 6) is 0. The molecule has 17 aromatic rings. The summed E-state index contributed by atoms with van der Waals surface area (Å²) in [6, 6.07) is 71.3. The molecular weight excluding hydrogens is 1370 g/mol. The Hall–Kier alpha value is -10.7. The van der Waals surface area contributed by atoms with Crippen LogP contribution in [0.2, 0.25) is 0 Å². The van der Waals surface area contributed by atoms with Crippen molar-refractivity contribution in [3.05, 3.63) is 350 Å². The molecule has 1 aliphatic rings. The van der Waals surface area contributed by atoms with Crippen molar-refractivity contribution in [1.82, 2.24) is 0 Å². The van der Waals surface area contributed by atoms with Crippen molar-refractivity contribution in [2.75, 3.05) is 0 Å². The van der Waals surface area contributed by atoms with Gasteiger partial charge in [0.1, 0.15) is 0 Å². The summed E-state index contributed by atoms with van der Waals surface area (Å²) in [6.45, 7) is 67.8. The van der Waals surface area contributed by atoms with Crippen molar-refractivity contribution in [3.63, 3.8) is 0 Å². The smallest absolute Gasteiger partial charge is 0.000296 e. The zero-order valence-electron chi connectivity index (χ0n) is 74.5. The van der Waals surface area contributed by atoms with Crippen LogP contribution in [-0.2, 0) is 10.8 Å². The lowest BCUT2D eigenvalue weighted by molar-refractivity contribution is 0.297. The van der Waals surface area contributed by atoms with Gasteiger partial charge in [-0.25, -0.2) is 0 Å². The van der Waals surface area contributed by atoms with Gasteiger partial charge in [-0.1, -0.05) is 210 Å². The number of hydrogen-bond donors (Lipinski definition) is 0. The summed E-state index contributed by atoms with van der Waals surface area (Å²) in [5, 5.41) is 27.9. The first-order valence-electron chi connectivity index (χ1n) is 41.6. The topological polar surface area (TPSA) is 0 Å². The normalized spacial score (nSPS) is 12.6. The molecule has 0 saturated heterocycles. The minimum Gasteiger partial charge on any atom is -0.0619 e. The third-order valence-electron chi connectivity index (χ3n) is 29.0. The highest BCUT2D eigenvalue weighted by Gasteiger charge is 2.47. The van der Waals surface area contributed by atoms with Crippen molar-refractivity contribution in [1.29, 1.82) is 0 Å². The van der Waals surface area contributed by atoms with Crippen molar-refractivity contribution in [2.24, 2.45) is 0 Å². The third-order valence-corrected chi connectivity index (χ3v) is 29.0. The third kappa shape index (κ3) is 13.8. The van der Waals surface area contributed by atoms with E-state index in [9.17, 15) is 0 Å². The molecule has 17 aromatic carbocycles. The standard InChI is InChI=1S/C21H26.4C19H20.C17H16/c1-13-12-17-16-10-8-9-11-18(16)20(4,5)21(6,7)19(17)15(3)14(13)2;2*1-11-10-18-14(4)13(3)16-8-6-7-9-17(16)19(18)15(5)12(11)2;2*1-11-10-18-17-9-7-6-8-16(17)13(3)15(5)19(18)14(4)12(11)2;1-11-8-16-9-14-6-4-5-7-15(14)10-17(16)13(3)12(11)2/h8-12H,1-7H3;4*6-10H,1-5H3;4-10H,1-3H3. The summed E-state index contributed by atoms with van der Waals surface area (Å²) in [7, 11) is 0. The van der Waals surface area contributed by atoms with Crippen LogP contribution in [0.1, 0.15) is 183 Å². The minimum absolute atomic E-state index is 0.124. The van der Waals surface area contributed by atoms with Gasteiger partial charge in [0.25, 0.3) is 0 Å². The Morgan fingerprint density at radius 2 is 0.430 bits per heavy atom. The predicted octanol–water partition coefficient (Wildman–Crippen LogP) is 32.9. The summed E-state index contributed by atoms with van der Waals surface area (Å²) in [6.07, 6.45) is 0. The average molecular weight is 1490 g/mol. The molecule has 114 heavy (non-hydrogen) atoms. The molecule has 0 amide bonds. The Bertz CT molecular complexity index is 6520. The van der Waals surface area contributed by atoms with Crippen LogP contribution in [0, 0.1) is 180 Å². The first kappa shape index (κ1) is 81.4. The van der Waals surface area contributed by atoms with E-state index in [1.165, 1.54) is 275 Å². The minimum atomic E-state index is 0.124. The first-order valence-corrected chi connectivity index (χ1v) is 41.6. The zero-order chi connectivity index (χ0) is 82.5. The summed E-state index contributed by atoms with van der Waals surface area (Å²) < 4.78 is 0. The molecule has 0 nitrogen and oxygen atoms in total. The molecule has 0 fully saturated rings. The Morgan fingerprint density at radius 1 is 0.158 bits per heavy atom. The van der Waals surface area contributed by atoms with Crippen molar-refractivity contribution < 1.29 is 0 Å². The fourth-order valence-corrected chi connectivity index (χ4v) is 19.3. The monoisotopic (exact) mass is 1490 g/mol. The van der Waals surface area contributed by atoms with Crippen LogP contribution in [0.25, 0.3) is 119 Å². The van der Waals surface area contributed by atoms with E-state index in [1.807, 2.05) is 0 Å². The molecule has 578 valence electrons. The molecule has 0 heteroatoms. The quantitative estimate of drug-likeness (QED) is 0.105. The van der Waals surface area contributed by atoms with Crippen LogP contribution in [0.4, 0.5) is 0 Å². The Labute approximate surface area is 682 Å². The maximum Gasteiger partial charge on any atom is -0.000296 e. The van der Waals surface area contributed by atoms with Gasteiger partial charge in [0, 0.05) is 0 Å². The number of aryl methyl sites for hydroxylation is 19. The van der Waals surface area contributed by atoms with Crippen LogP contribution in [0.5, 0.6) is 0 Å². The summed E-state index contributed by atoms with van der Waals surface area (Å²) in [4.78, 5) is 0. The molecule has 0 spiro atoms. The Kier molecular flexibility index (Phi) is 22.3. The van der Waals surface area contributed by atoms with Gasteiger partial charge in [0.2, 0.25) is 0 Å². The van der Waals surface area contributed by atoms with E-state index in [2.05, 4.69) is 402 Å². The Balaban J connectivity index is 0.000000119. The Morgan fingerprint density at radius 3 is 0.851 bits per heavy atom. The SMILES string of the molecule is Cc1cc2c(C)c(C)c3ccccc3c2c(C)c1C.Cc1cc2c(C)c(C)c3ccccc3c2c(C)c1C.Cc1cc2c(c(C)c1C)C(C)(C)C(C)(C)c1ccccc1-2.Cc1cc2c(c(C)c1C)c(C)c(C)c1ccccc12.Cc1cc2c(c(C)c1C)c(C)c(C)c1ccccc12.Cc1cc2cc3ccccc3cc2c(C)c1C. The lowest BCUT2D eigenvalue weighted by Crippen LogP contribution is -2.44. The molecule has 0 bridgehead atoms.